The van der Waals surface area contributed by atoms with Crippen molar-refractivity contribution in [1.29, 1.82) is 0 Å². The minimum Gasteiger partial charge on any atom is -0.0901 e. The van der Waals surface area contributed by atoms with E-state index in [1.54, 1.807) is 11.8 Å². The molecule has 1 heteroatoms. The maximum atomic E-state index is 2.12. The van der Waals surface area contributed by atoms with Crippen LogP contribution >= 0.6 is 11.8 Å². The summed E-state index contributed by atoms with van der Waals surface area (Å²) in [6.07, 6.45) is 10.4. The first-order valence-electron chi connectivity index (χ1n) is 5.05. The highest BCUT2D eigenvalue weighted by molar-refractivity contribution is 8.03. The molecule has 1 aromatic rings. The first-order chi connectivity index (χ1) is 7.36. The van der Waals surface area contributed by atoms with E-state index in [1.165, 1.54) is 9.80 Å². The van der Waals surface area contributed by atoms with Crippen LogP contribution in [0.15, 0.2) is 70.5 Å². The summed E-state index contributed by atoms with van der Waals surface area (Å²) in [5.74, 6) is 0. The molecule has 0 spiro atoms. The third-order valence-electron chi connectivity index (χ3n) is 1.76. The Balaban J connectivity index is 2.76. The molecule has 0 bridgehead atoms. The highest BCUT2D eigenvalue weighted by atomic mass is 32.2. The number of hydrogen-bond acceptors (Lipinski definition) is 1. The quantitative estimate of drug-likeness (QED) is 0.514. The van der Waals surface area contributed by atoms with Crippen molar-refractivity contribution < 1.29 is 0 Å². The normalized spacial score (nSPS) is 12.8. The monoisotopic (exact) mass is 216 g/mol. The topological polar surface area (TPSA) is 0 Å². The van der Waals surface area contributed by atoms with E-state index in [4.69, 9.17) is 0 Å². The second-order valence-electron chi connectivity index (χ2n) is 3.01. The van der Waals surface area contributed by atoms with E-state index in [1.807, 2.05) is 26.0 Å². The Morgan fingerprint density at radius 3 is 2.40 bits per heavy atom. The minimum absolute atomic E-state index is 1.25. The van der Waals surface area contributed by atoms with Crippen LogP contribution < -0.4 is 0 Å². The van der Waals surface area contributed by atoms with E-state index in [-0.39, 0.29) is 0 Å². The molecule has 15 heavy (non-hydrogen) atoms. The number of rotatable bonds is 4. The summed E-state index contributed by atoms with van der Waals surface area (Å²) in [5.41, 5.74) is 0. The van der Waals surface area contributed by atoms with Crippen LogP contribution in [0.5, 0.6) is 0 Å². The van der Waals surface area contributed by atoms with Gasteiger partial charge in [0.25, 0.3) is 0 Å². The van der Waals surface area contributed by atoms with Gasteiger partial charge in [0.1, 0.15) is 0 Å². The van der Waals surface area contributed by atoms with Gasteiger partial charge < -0.3 is 0 Å². The molecule has 0 fully saturated rings. The molecule has 0 saturated heterocycles. The first-order valence-corrected chi connectivity index (χ1v) is 5.87. The lowest BCUT2D eigenvalue weighted by Crippen LogP contribution is -1.72. The molecule has 0 atom stereocenters. The van der Waals surface area contributed by atoms with Gasteiger partial charge in [-0.25, -0.2) is 0 Å². The highest BCUT2D eigenvalue weighted by Gasteiger charge is 1.94. The summed E-state index contributed by atoms with van der Waals surface area (Å²) in [7, 11) is 0. The molecule has 0 saturated carbocycles. The van der Waals surface area contributed by atoms with Crippen molar-refractivity contribution >= 4 is 11.8 Å². The molecular formula is C14H16S. The summed E-state index contributed by atoms with van der Waals surface area (Å²) in [4.78, 5) is 2.52. The maximum Gasteiger partial charge on any atom is 0.0122 e. The molecule has 0 aliphatic carbocycles. The van der Waals surface area contributed by atoms with Crippen LogP contribution in [0.25, 0.3) is 0 Å². The summed E-state index contributed by atoms with van der Waals surface area (Å²) in [6, 6.07) is 10.4. The molecule has 78 valence electrons. The van der Waals surface area contributed by atoms with Crippen LogP contribution in [0.2, 0.25) is 0 Å². The zero-order chi connectivity index (χ0) is 10.9. The number of thioether (sulfide) groups is 1. The standard InChI is InChI=1S/C14H16S/c1-3-5-10-13(9-4-2)15-14-11-7-6-8-12-14/h3-12H,1-2H3/b5-3-,9-4-,13-10+. The zero-order valence-electron chi connectivity index (χ0n) is 9.18. The van der Waals surface area contributed by atoms with Crippen LogP contribution in [0.1, 0.15) is 13.8 Å². The second-order valence-corrected chi connectivity index (χ2v) is 4.16. The zero-order valence-corrected chi connectivity index (χ0v) is 10.00. The maximum absolute atomic E-state index is 2.12. The van der Waals surface area contributed by atoms with Gasteiger partial charge in [0.15, 0.2) is 0 Å². The van der Waals surface area contributed by atoms with Crippen LogP contribution in [-0.2, 0) is 0 Å². The van der Waals surface area contributed by atoms with Crippen molar-refractivity contribution in [2.45, 2.75) is 18.7 Å². The van der Waals surface area contributed by atoms with Crippen molar-refractivity contribution in [2.75, 3.05) is 0 Å². The van der Waals surface area contributed by atoms with Crippen LogP contribution in [-0.4, -0.2) is 0 Å². The van der Waals surface area contributed by atoms with Crippen molar-refractivity contribution in [3.05, 3.63) is 65.6 Å². The van der Waals surface area contributed by atoms with Gasteiger partial charge in [-0.3, -0.25) is 0 Å². The van der Waals surface area contributed by atoms with E-state index in [0.717, 1.165) is 0 Å². The van der Waals surface area contributed by atoms with E-state index in [0.29, 0.717) is 0 Å². The Labute approximate surface area is 96.4 Å². The molecule has 0 amide bonds. The first kappa shape index (κ1) is 11.9. The molecule has 0 nitrogen and oxygen atoms in total. The molecule has 0 aliphatic heterocycles. The SMILES string of the molecule is C\C=C/C=C(\C=C/C)Sc1ccccc1. The van der Waals surface area contributed by atoms with Gasteiger partial charge in [-0.15, -0.1) is 0 Å². The average Bonchev–Trinajstić information content (AvgIpc) is 2.28. The fourth-order valence-electron chi connectivity index (χ4n) is 1.10. The summed E-state index contributed by atoms with van der Waals surface area (Å²) >= 11 is 1.78. The van der Waals surface area contributed by atoms with Gasteiger partial charge in [0.2, 0.25) is 0 Å². The van der Waals surface area contributed by atoms with Gasteiger partial charge in [0.05, 0.1) is 0 Å². The Morgan fingerprint density at radius 1 is 1.07 bits per heavy atom. The molecular weight excluding hydrogens is 200 g/mol. The van der Waals surface area contributed by atoms with Gasteiger partial charge in [0, 0.05) is 9.80 Å². The van der Waals surface area contributed by atoms with Crippen LogP contribution in [0.3, 0.4) is 0 Å². The number of allylic oxidation sites excluding steroid dienone is 5. The summed E-state index contributed by atoms with van der Waals surface area (Å²) < 4.78 is 0. The molecule has 1 aromatic carbocycles. The molecule has 1 rings (SSSR count). The minimum atomic E-state index is 1.25. The Morgan fingerprint density at radius 2 is 1.80 bits per heavy atom. The summed E-state index contributed by atoms with van der Waals surface area (Å²) in [6.45, 7) is 4.06. The summed E-state index contributed by atoms with van der Waals surface area (Å²) in [5, 5.41) is 0. The lowest BCUT2D eigenvalue weighted by atomic mass is 10.4. The van der Waals surface area contributed by atoms with Crippen molar-refractivity contribution in [3.63, 3.8) is 0 Å². The van der Waals surface area contributed by atoms with Crippen molar-refractivity contribution in [3.8, 4) is 0 Å². The largest absolute Gasteiger partial charge is 0.0901 e. The fourth-order valence-corrected chi connectivity index (χ4v) is 2.02. The molecule has 0 aliphatic rings. The smallest absolute Gasteiger partial charge is 0.0122 e. The van der Waals surface area contributed by atoms with Crippen molar-refractivity contribution in [2.24, 2.45) is 0 Å². The number of benzene rings is 1. The lowest BCUT2D eigenvalue weighted by Gasteiger charge is -2.00. The van der Waals surface area contributed by atoms with Gasteiger partial charge >= 0.3 is 0 Å². The number of hydrogen-bond donors (Lipinski definition) is 0. The predicted molar refractivity (Wildman–Crippen MR) is 70.0 cm³/mol. The second kappa shape index (κ2) is 7.13. The third kappa shape index (κ3) is 4.71. The molecule has 0 heterocycles. The van der Waals surface area contributed by atoms with E-state index in [9.17, 15) is 0 Å². The highest BCUT2D eigenvalue weighted by Crippen LogP contribution is 2.27. The molecule has 0 N–H and O–H groups in total. The van der Waals surface area contributed by atoms with Crippen LogP contribution in [0.4, 0.5) is 0 Å². The van der Waals surface area contributed by atoms with Gasteiger partial charge in [-0.1, -0.05) is 54.3 Å². The van der Waals surface area contributed by atoms with Crippen molar-refractivity contribution in [1.82, 2.24) is 0 Å². The average molecular weight is 216 g/mol. The molecule has 0 unspecified atom stereocenters. The lowest BCUT2D eigenvalue weighted by molar-refractivity contribution is 1.47. The predicted octanol–water partition coefficient (Wildman–Crippen LogP) is 4.81. The van der Waals surface area contributed by atoms with E-state index >= 15 is 0 Å². The Hall–Kier alpha value is -1.21. The Bertz CT molecular complexity index is 358. The van der Waals surface area contributed by atoms with Gasteiger partial charge in [-0.2, -0.15) is 0 Å². The van der Waals surface area contributed by atoms with Gasteiger partial charge in [-0.05, 0) is 32.1 Å². The Kier molecular flexibility index (Phi) is 5.64. The third-order valence-corrected chi connectivity index (χ3v) is 2.78. The van der Waals surface area contributed by atoms with E-state index in [2.05, 4.69) is 48.6 Å². The van der Waals surface area contributed by atoms with Crippen LogP contribution in [0, 0.1) is 0 Å². The molecule has 0 aromatic heterocycles. The molecule has 0 radical (unpaired) electrons. The fraction of sp³-hybridized carbons (Fsp3) is 0.143. The van der Waals surface area contributed by atoms with E-state index < -0.39 is 0 Å².